The number of hydrogen-bond acceptors (Lipinski definition) is 3. The molecular formula is C20H30N4O. The van der Waals surface area contributed by atoms with Gasteiger partial charge in [-0.25, -0.2) is 4.98 Å². The van der Waals surface area contributed by atoms with Gasteiger partial charge in [-0.2, -0.15) is 0 Å². The molecule has 1 aliphatic heterocycles. The lowest BCUT2D eigenvalue weighted by Gasteiger charge is -2.33. The van der Waals surface area contributed by atoms with E-state index in [1.54, 1.807) is 0 Å². The highest BCUT2D eigenvalue weighted by Gasteiger charge is 2.28. The Morgan fingerprint density at radius 3 is 2.60 bits per heavy atom. The number of rotatable bonds is 6. The van der Waals surface area contributed by atoms with Crippen molar-refractivity contribution in [1.82, 2.24) is 19.4 Å². The molecule has 5 heteroatoms. The smallest absolute Gasteiger partial charge is 0.225 e. The quantitative estimate of drug-likeness (QED) is 0.810. The molecule has 0 radical (unpaired) electrons. The number of aromatic nitrogens is 2. The fourth-order valence-electron chi connectivity index (χ4n) is 3.83. The normalized spacial score (nSPS) is 16.4. The van der Waals surface area contributed by atoms with E-state index in [-0.39, 0.29) is 5.92 Å². The van der Waals surface area contributed by atoms with Gasteiger partial charge in [-0.3, -0.25) is 9.69 Å². The van der Waals surface area contributed by atoms with E-state index >= 15 is 0 Å². The average molecular weight is 342 g/mol. The third kappa shape index (κ3) is 3.87. The third-order valence-corrected chi connectivity index (χ3v) is 5.37. The van der Waals surface area contributed by atoms with Crippen molar-refractivity contribution in [3.8, 4) is 0 Å². The highest BCUT2D eigenvalue weighted by molar-refractivity contribution is 5.79. The van der Waals surface area contributed by atoms with Gasteiger partial charge >= 0.3 is 0 Å². The summed E-state index contributed by atoms with van der Waals surface area (Å²) in [6.45, 7) is 8.73. The number of hydrogen-bond donors (Lipinski definition) is 0. The molecule has 25 heavy (non-hydrogen) atoms. The number of aryl methyl sites for hydroxylation is 1. The Balaban J connectivity index is 1.59. The Morgan fingerprint density at radius 1 is 1.24 bits per heavy atom. The molecule has 0 atom stereocenters. The van der Waals surface area contributed by atoms with Crippen molar-refractivity contribution in [2.24, 2.45) is 13.0 Å². The number of fused-ring (bicyclic) bond motifs is 1. The molecule has 0 N–H and O–H groups in total. The lowest BCUT2D eigenvalue weighted by molar-refractivity contribution is -0.137. The fraction of sp³-hybridized carbons (Fsp3) is 0.600. The summed E-state index contributed by atoms with van der Waals surface area (Å²) >= 11 is 0. The number of imidazole rings is 1. The summed E-state index contributed by atoms with van der Waals surface area (Å²) in [5, 5.41) is 0. The van der Waals surface area contributed by atoms with Crippen molar-refractivity contribution in [3.05, 3.63) is 30.1 Å². The van der Waals surface area contributed by atoms with E-state index in [2.05, 4.69) is 48.6 Å². The van der Waals surface area contributed by atoms with Crippen LogP contribution in [0.1, 0.15) is 38.9 Å². The highest BCUT2D eigenvalue weighted by Crippen LogP contribution is 2.22. The molecule has 2 aromatic rings. The molecule has 5 nitrogen and oxygen atoms in total. The average Bonchev–Trinajstić information content (AvgIpc) is 2.96. The molecule has 0 spiro atoms. The Kier molecular flexibility index (Phi) is 5.74. The summed E-state index contributed by atoms with van der Waals surface area (Å²) in [4.78, 5) is 21.9. The molecule has 0 saturated carbocycles. The number of nitrogens with zero attached hydrogens (tertiary/aromatic N) is 4. The molecule has 0 bridgehead atoms. The Bertz CT molecular complexity index is 716. The molecule has 1 saturated heterocycles. The van der Waals surface area contributed by atoms with E-state index in [4.69, 9.17) is 4.98 Å². The molecule has 1 fully saturated rings. The van der Waals surface area contributed by atoms with Crippen LogP contribution in [0, 0.1) is 5.92 Å². The van der Waals surface area contributed by atoms with Gasteiger partial charge < -0.3 is 9.47 Å². The van der Waals surface area contributed by atoms with Gasteiger partial charge in [0.2, 0.25) is 5.91 Å². The number of carbonyl (C=O) groups is 1. The number of likely N-dealkylation sites (tertiary alicyclic amines) is 1. The molecule has 0 unspecified atom stereocenters. The molecular weight excluding hydrogens is 312 g/mol. The number of amides is 1. The summed E-state index contributed by atoms with van der Waals surface area (Å²) < 4.78 is 2.19. The second kappa shape index (κ2) is 8.00. The van der Waals surface area contributed by atoms with Gasteiger partial charge in [0.1, 0.15) is 5.82 Å². The second-order valence-corrected chi connectivity index (χ2v) is 7.04. The van der Waals surface area contributed by atoms with Gasteiger partial charge in [-0.15, -0.1) is 0 Å². The van der Waals surface area contributed by atoms with Crippen molar-refractivity contribution >= 4 is 16.9 Å². The largest absolute Gasteiger partial charge is 0.343 e. The van der Waals surface area contributed by atoms with E-state index in [1.165, 1.54) is 5.52 Å². The van der Waals surface area contributed by atoms with E-state index < -0.39 is 0 Å². The summed E-state index contributed by atoms with van der Waals surface area (Å²) in [7, 11) is 2.09. The maximum absolute atomic E-state index is 12.6. The molecule has 2 heterocycles. The highest BCUT2D eigenvalue weighted by atomic mass is 16.2. The fourth-order valence-corrected chi connectivity index (χ4v) is 3.83. The van der Waals surface area contributed by atoms with Crippen LogP contribution in [0.3, 0.4) is 0 Å². The van der Waals surface area contributed by atoms with Crippen molar-refractivity contribution in [3.63, 3.8) is 0 Å². The van der Waals surface area contributed by atoms with Gasteiger partial charge in [-0.1, -0.05) is 19.1 Å². The maximum Gasteiger partial charge on any atom is 0.225 e. The van der Waals surface area contributed by atoms with Crippen LogP contribution >= 0.6 is 0 Å². The zero-order chi connectivity index (χ0) is 17.8. The van der Waals surface area contributed by atoms with Crippen molar-refractivity contribution < 1.29 is 4.79 Å². The zero-order valence-electron chi connectivity index (χ0n) is 15.7. The van der Waals surface area contributed by atoms with E-state index in [0.29, 0.717) is 5.91 Å². The predicted molar refractivity (Wildman–Crippen MR) is 101 cm³/mol. The summed E-state index contributed by atoms with van der Waals surface area (Å²) in [6.07, 6.45) is 2.96. The SMILES string of the molecule is CCCN(CC)C(=O)C1CCN(Cc2nc3ccccc3n2C)CC1. The first-order valence-electron chi connectivity index (χ1n) is 9.55. The molecule has 3 rings (SSSR count). The van der Waals surface area contributed by atoms with E-state index in [9.17, 15) is 4.79 Å². The standard InChI is InChI=1S/C20H30N4O/c1-4-12-24(5-2)20(25)16-10-13-23(14-11-16)15-19-21-17-8-6-7-9-18(17)22(19)3/h6-9,16H,4-5,10-15H2,1-3H3. The molecule has 0 aliphatic carbocycles. The molecule has 1 aromatic carbocycles. The Labute approximate surface area is 150 Å². The molecule has 1 aromatic heterocycles. The van der Waals surface area contributed by atoms with Crippen molar-refractivity contribution in [2.45, 2.75) is 39.7 Å². The topological polar surface area (TPSA) is 41.4 Å². The van der Waals surface area contributed by atoms with E-state index in [1.807, 2.05) is 11.0 Å². The number of piperidine rings is 1. The van der Waals surface area contributed by atoms with Crippen LogP contribution < -0.4 is 0 Å². The van der Waals surface area contributed by atoms with Crippen LogP contribution in [0.25, 0.3) is 11.0 Å². The van der Waals surface area contributed by atoms with Gasteiger partial charge in [0.05, 0.1) is 17.6 Å². The van der Waals surface area contributed by atoms with E-state index in [0.717, 1.165) is 63.3 Å². The van der Waals surface area contributed by atoms with Crippen LogP contribution in [0.4, 0.5) is 0 Å². The number of para-hydroxylation sites is 2. The van der Waals surface area contributed by atoms with Gasteiger partial charge in [0.15, 0.2) is 0 Å². The van der Waals surface area contributed by atoms with Crippen LogP contribution in [-0.4, -0.2) is 51.4 Å². The molecule has 1 amide bonds. The monoisotopic (exact) mass is 342 g/mol. The number of carbonyl (C=O) groups excluding carboxylic acids is 1. The zero-order valence-corrected chi connectivity index (χ0v) is 15.7. The lowest BCUT2D eigenvalue weighted by Crippen LogP contribution is -2.42. The van der Waals surface area contributed by atoms with Crippen LogP contribution in [0.2, 0.25) is 0 Å². The van der Waals surface area contributed by atoms with Gasteiger partial charge in [0.25, 0.3) is 0 Å². The van der Waals surface area contributed by atoms with Crippen molar-refractivity contribution in [2.75, 3.05) is 26.2 Å². The first kappa shape index (κ1) is 17.9. The Hall–Kier alpha value is -1.88. The minimum Gasteiger partial charge on any atom is -0.343 e. The molecule has 136 valence electrons. The minimum atomic E-state index is 0.197. The first-order chi connectivity index (χ1) is 12.1. The van der Waals surface area contributed by atoms with Gasteiger partial charge in [-0.05, 0) is 51.4 Å². The predicted octanol–water partition coefficient (Wildman–Crippen LogP) is 3.04. The van der Waals surface area contributed by atoms with Crippen LogP contribution in [0.5, 0.6) is 0 Å². The number of benzene rings is 1. The molecule has 1 aliphatic rings. The summed E-state index contributed by atoms with van der Waals surface area (Å²) in [6, 6.07) is 8.27. The Morgan fingerprint density at radius 2 is 1.96 bits per heavy atom. The van der Waals surface area contributed by atoms with Crippen molar-refractivity contribution in [1.29, 1.82) is 0 Å². The van der Waals surface area contributed by atoms with Crippen LogP contribution in [0.15, 0.2) is 24.3 Å². The minimum absolute atomic E-state index is 0.197. The second-order valence-electron chi connectivity index (χ2n) is 7.04. The lowest BCUT2D eigenvalue weighted by atomic mass is 9.95. The van der Waals surface area contributed by atoms with Crippen LogP contribution in [-0.2, 0) is 18.4 Å². The van der Waals surface area contributed by atoms with Gasteiger partial charge in [0, 0.05) is 26.1 Å². The third-order valence-electron chi connectivity index (χ3n) is 5.37. The summed E-state index contributed by atoms with van der Waals surface area (Å²) in [5.74, 6) is 1.65. The maximum atomic E-state index is 12.6. The first-order valence-corrected chi connectivity index (χ1v) is 9.55. The summed E-state index contributed by atoms with van der Waals surface area (Å²) in [5.41, 5.74) is 2.24.